The Morgan fingerprint density at radius 3 is 2.59 bits per heavy atom. The summed E-state index contributed by atoms with van der Waals surface area (Å²) in [5.74, 6) is 0.759. The second-order valence-corrected chi connectivity index (χ2v) is 5.46. The van der Waals surface area contributed by atoms with Gasteiger partial charge in [-0.1, -0.05) is 30.9 Å². The van der Waals surface area contributed by atoms with Gasteiger partial charge in [0.2, 0.25) is 0 Å². The lowest BCUT2D eigenvalue weighted by Crippen LogP contribution is -2.33. The van der Waals surface area contributed by atoms with Crippen LogP contribution in [0, 0.1) is 5.92 Å². The Morgan fingerprint density at radius 2 is 1.94 bits per heavy atom. The summed E-state index contributed by atoms with van der Waals surface area (Å²) in [5.41, 5.74) is 3.53. The fourth-order valence-electron chi connectivity index (χ4n) is 2.90. The molecule has 0 unspecified atom stereocenters. The molecule has 2 nitrogen and oxygen atoms in total. The third kappa shape index (κ3) is 2.99. The van der Waals surface area contributed by atoms with E-state index in [0.29, 0.717) is 5.92 Å². The van der Waals surface area contributed by atoms with Crippen molar-refractivity contribution >= 4 is 5.91 Å². The largest absolute Gasteiger partial charge is 0.352 e. The van der Waals surface area contributed by atoms with Crippen LogP contribution in [0.3, 0.4) is 0 Å². The van der Waals surface area contributed by atoms with Crippen molar-refractivity contribution in [1.29, 1.82) is 0 Å². The van der Waals surface area contributed by atoms with E-state index in [1.807, 2.05) is 0 Å². The van der Waals surface area contributed by atoms with Gasteiger partial charge in [0, 0.05) is 12.1 Å². The van der Waals surface area contributed by atoms with Crippen LogP contribution in [0.1, 0.15) is 52.4 Å². The number of hydrogen-bond acceptors (Lipinski definition) is 1. The Kier molecular flexibility index (Phi) is 4.03. The maximum absolute atomic E-state index is 12.0. The van der Waals surface area contributed by atoms with E-state index in [1.54, 1.807) is 0 Å². The fraction of sp³-hybridized carbons (Fsp3) is 0.667. The molecule has 2 heteroatoms. The van der Waals surface area contributed by atoms with E-state index in [9.17, 15) is 4.79 Å². The topological polar surface area (TPSA) is 29.1 Å². The first kappa shape index (κ1) is 12.4. The summed E-state index contributed by atoms with van der Waals surface area (Å²) in [5, 5.41) is 2.97. The molecule has 1 heterocycles. The number of allylic oxidation sites excluding steroid dienone is 2. The molecular weight excluding hydrogens is 210 g/mol. The quantitative estimate of drug-likeness (QED) is 0.691. The number of hydrogen-bond donors (Lipinski definition) is 1. The first-order valence-corrected chi connectivity index (χ1v) is 6.85. The van der Waals surface area contributed by atoms with Crippen LogP contribution in [0.5, 0.6) is 0 Å². The van der Waals surface area contributed by atoms with E-state index in [1.165, 1.54) is 43.3 Å². The van der Waals surface area contributed by atoms with Crippen molar-refractivity contribution < 1.29 is 4.79 Å². The molecular formula is C15H23NO. The highest BCUT2D eigenvalue weighted by Gasteiger charge is 2.22. The second-order valence-electron chi connectivity index (χ2n) is 5.46. The number of nitrogens with one attached hydrogen (secondary N) is 1. The molecule has 0 radical (unpaired) electrons. The van der Waals surface area contributed by atoms with Crippen molar-refractivity contribution in [2.45, 2.75) is 52.4 Å². The minimum Gasteiger partial charge on any atom is -0.352 e. The summed E-state index contributed by atoms with van der Waals surface area (Å²) >= 11 is 0. The van der Waals surface area contributed by atoms with Gasteiger partial charge in [-0.3, -0.25) is 4.79 Å². The molecule has 0 aromatic heterocycles. The molecule has 0 aromatic carbocycles. The molecule has 94 valence electrons. The molecule has 0 spiro atoms. The monoisotopic (exact) mass is 233 g/mol. The molecule has 1 aliphatic heterocycles. The van der Waals surface area contributed by atoms with Crippen LogP contribution in [0.15, 0.2) is 22.8 Å². The van der Waals surface area contributed by atoms with E-state index in [-0.39, 0.29) is 5.91 Å². The van der Waals surface area contributed by atoms with Crippen molar-refractivity contribution in [3.63, 3.8) is 0 Å². The van der Waals surface area contributed by atoms with E-state index in [0.717, 1.165) is 18.5 Å². The Balaban J connectivity index is 2.21. The number of carbonyl (C=O) groups excluding carboxylic acids is 1. The van der Waals surface area contributed by atoms with Crippen LogP contribution in [0.25, 0.3) is 0 Å². The predicted octanol–water partition coefficient (Wildman–Crippen LogP) is 3.35. The zero-order valence-corrected chi connectivity index (χ0v) is 11.0. The average molecular weight is 233 g/mol. The lowest BCUT2D eigenvalue weighted by molar-refractivity contribution is -0.117. The fourth-order valence-corrected chi connectivity index (χ4v) is 2.90. The average Bonchev–Trinajstić information content (AvgIpc) is 2.33. The molecule has 1 N–H and O–H groups in total. The summed E-state index contributed by atoms with van der Waals surface area (Å²) in [6.07, 6.45) is 9.75. The number of rotatable bonds is 1. The normalized spacial score (nSPS) is 24.9. The number of amides is 1. The molecule has 0 atom stereocenters. The maximum atomic E-state index is 12.0. The van der Waals surface area contributed by atoms with Crippen LogP contribution < -0.4 is 5.32 Å². The first-order chi connectivity index (χ1) is 8.18. The van der Waals surface area contributed by atoms with Crippen LogP contribution >= 0.6 is 0 Å². The highest BCUT2D eigenvalue weighted by atomic mass is 16.1. The SMILES string of the molecule is CC(C)=C1CCNC(=O)/C1=C/C1CCCCC1. The van der Waals surface area contributed by atoms with Crippen molar-refractivity contribution in [3.8, 4) is 0 Å². The van der Waals surface area contributed by atoms with Crippen molar-refractivity contribution in [2.75, 3.05) is 6.54 Å². The second kappa shape index (κ2) is 5.52. The van der Waals surface area contributed by atoms with E-state index < -0.39 is 0 Å². The Bertz CT molecular complexity index is 355. The molecule has 0 bridgehead atoms. The third-order valence-corrected chi connectivity index (χ3v) is 3.89. The first-order valence-electron chi connectivity index (χ1n) is 6.85. The zero-order valence-electron chi connectivity index (χ0n) is 11.0. The predicted molar refractivity (Wildman–Crippen MR) is 70.7 cm³/mol. The molecule has 2 rings (SSSR count). The van der Waals surface area contributed by atoms with Gasteiger partial charge in [-0.2, -0.15) is 0 Å². The van der Waals surface area contributed by atoms with Gasteiger partial charge in [0.1, 0.15) is 0 Å². The van der Waals surface area contributed by atoms with Crippen molar-refractivity contribution in [3.05, 3.63) is 22.8 Å². The van der Waals surface area contributed by atoms with Crippen molar-refractivity contribution in [1.82, 2.24) is 5.32 Å². The van der Waals surface area contributed by atoms with Gasteiger partial charge in [0.15, 0.2) is 0 Å². The van der Waals surface area contributed by atoms with E-state index >= 15 is 0 Å². The Morgan fingerprint density at radius 1 is 1.24 bits per heavy atom. The van der Waals surface area contributed by atoms with Gasteiger partial charge in [0.25, 0.3) is 5.91 Å². The Hall–Kier alpha value is -1.05. The molecule has 1 amide bonds. The summed E-state index contributed by atoms with van der Waals surface area (Å²) in [6.45, 7) is 5.02. The lowest BCUT2D eigenvalue weighted by atomic mass is 9.84. The third-order valence-electron chi connectivity index (χ3n) is 3.89. The van der Waals surface area contributed by atoms with Gasteiger partial charge >= 0.3 is 0 Å². The molecule has 17 heavy (non-hydrogen) atoms. The van der Waals surface area contributed by atoms with Crippen LogP contribution in [-0.4, -0.2) is 12.5 Å². The minimum absolute atomic E-state index is 0.137. The Labute approximate surface area is 104 Å². The molecule has 2 fully saturated rings. The molecule has 1 saturated heterocycles. The van der Waals surface area contributed by atoms with Crippen LogP contribution in [-0.2, 0) is 4.79 Å². The van der Waals surface area contributed by atoms with Gasteiger partial charge in [-0.05, 0) is 44.6 Å². The van der Waals surface area contributed by atoms with Gasteiger partial charge < -0.3 is 5.32 Å². The smallest absolute Gasteiger partial charge is 0.251 e. The van der Waals surface area contributed by atoms with Gasteiger partial charge in [-0.15, -0.1) is 0 Å². The summed E-state index contributed by atoms with van der Waals surface area (Å²) < 4.78 is 0. The van der Waals surface area contributed by atoms with Gasteiger partial charge in [0.05, 0.1) is 0 Å². The molecule has 1 saturated carbocycles. The number of piperidine rings is 1. The molecule has 0 aromatic rings. The zero-order chi connectivity index (χ0) is 12.3. The number of carbonyl (C=O) groups is 1. The van der Waals surface area contributed by atoms with E-state index in [4.69, 9.17) is 0 Å². The highest BCUT2D eigenvalue weighted by Crippen LogP contribution is 2.29. The maximum Gasteiger partial charge on any atom is 0.251 e. The van der Waals surface area contributed by atoms with Gasteiger partial charge in [-0.25, -0.2) is 0 Å². The lowest BCUT2D eigenvalue weighted by Gasteiger charge is -2.24. The van der Waals surface area contributed by atoms with Crippen LogP contribution in [0.4, 0.5) is 0 Å². The summed E-state index contributed by atoms with van der Waals surface area (Å²) in [6, 6.07) is 0. The summed E-state index contributed by atoms with van der Waals surface area (Å²) in [4.78, 5) is 12.0. The standard InChI is InChI=1S/C15H23NO/c1-11(2)13-8-9-16-15(17)14(13)10-12-6-4-3-5-7-12/h10,12H,3-9H2,1-2H3,(H,16,17)/b14-10+. The van der Waals surface area contributed by atoms with Crippen molar-refractivity contribution in [2.24, 2.45) is 5.92 Å². The molecule has 2 aliphatic rings. The van der Waals surface area contributed by atoms with E-state index in [2.05, 4.69) is 25.2 Å². The highest BCUT2D eigenvalue weighted by molar-refractivity contribution is 5.99. The summed E-state index contributed by atoms with van der Waals surface area (Å²) in [7, 11) is 0. The minimum atomic E-state index is 0.137. The van der Waals surface area contributed by atoms with Crippen LogP contribution in [0.2, 0.25) is 0 Å². The molecule has 1 aliphatic carbocycles.